The number of carbonyl (C=O) groups excluding carboxylic acids is 2. The van der Waals surface area contributed by atoms with Gasteiger partial charge in [-0.05, 0) is 23.3 Å². The summed E-state index contributed by atoms with van der Waals surface area (Å²) >= 11 is 5.94. The molecule has 2 aromatic carbocycles. The zero-order valence-corrected chi connectivity index (χ0v) is 17.9. The van der Waals surface area contributed by atoms with Gasteiger partial charge in [0.15, 0.2) is 0 Å². The lowest BCUT2D eigenvalue weighted by atomic mass is 10.0. The Morgan fingerprint density at radius 1 is 1.17 bits per heavy atom. The number of hydrogen-bond donors (Lipinski definition) is 2. The molecule has 0 spiro atoms. The Morgan fingerprint density at radius 2 is 1.90 bits per heavy atom. The minimum atomic E-state index is -0.401. The molecule has 6 nitrogen and oxygen atoms in total. The van der Waals surface area contributed by atoms with Gasteiger partial charge in [0.25, 0.3) is 0 Å². The van der Waals surface area contributed by atoms with Gasteiger partial charge in [-0.15, -0.1) is 0 Å². The first kappa shape index (κ1) is 22.3. The van der Waals surface area contributed by atoms with Crippen molar-refractivity contribution < 1.29 is 14.3 Å². The third-order valence-electron chi connectivity index (χ3n) is 5.04. The van der Waals surface area contributed by atoms with Crippen molar-refractivity contribution in [2.45, 2.75) is 32.0 Å². The fourth-order valence-electron chi connectivity index (χ4n) is 3.57. The summed E-state index contributed by atoms with van der Waals surface area (Å²) in [5.41, 5.74) is 2.11. The molecule has 1 aliphatic heterocycles. The van der Waals surface area contributed by atoms with Crippen molar-refractivity contribution in [1.29, 1.82) is 0 Å². The Labute approximate surface area is 182 Å². The highest BCUT2D eigenvalue weighted by molar-refractivity contribution is 6.30. The van der Waals surface area contributed by atoms with Crippen LogP contribution in [0, 0.1) is 0 Å². The number of halogens is 1. The van der Waals surface area contributed by atoms with Crippen molar-refractivity contribution in [2.24, 2.45) is 0 Å². The fourth-order valence-corrected chi connectivity index (χ4v) is 3.69. The van der Waals surface area contributed by atoms with Crippen molar-refractivity contribution in [3.8, 4) is 0 Å². The van der Waals surface area contributed by atoms with E-state index in [1.54, 1.807) is 12.1 Å². The molecular weight excluding hydrogens is 402 g/mol. The highest BCUT2D eigenvalue weighted by Gasteiger charge is 2.22. The molecular formula is C23H28ClN3O3. The largest absolute Gasteiger partial charge is 0.374 e. The molecule has 1 heterocycles. The van der Waals surface area contributed by atoms with Gasteiger partial charge in [0.05, 0.1) is 25.2 Å². The molecule has 160 valence electrons. The average molecular weight is 430 g/mol. The van der Waals surface area contributed by atoms with Gasteiger partial charge in [0.2, 0.25) is 11.8 Å². The van der Waals surface area contributed by atoms with Crippen LogP contribution in [0.3, 0.4) is 0 Å². The van der Waals surface area contributed by atoms with Crippen LogP contribution in [-0.4, -0.2) is 49.1 Å². The van der Waals surface area contributed by atoms with E-state index in [2.05, 4.69) is 27.7 Å². The van der Waals surface area contributed by atoms with Crippen LogP contribution < -0.4 is 10.6 Å². The number of benzene rings is 2. The van der Waals surface area contributed by atoms with E-state index in [1.165, 1.54) is 12.5 Å². The summed E-state index contributed by atoms with van der Waals surface area (Å²) in [4.78, 5) is 26.4. The van der Waals surface area contributed by atoms with E-state index >= 15 is 0 Å². The van der Waals surface area contributed by atoms with E-state index in [4.69, 9.17) is 16.3 Å². The quantitative estimate of drug-likeness (QED) is 0.676. The maximum absolute atomic E-state index is 12.5. The Bertz CT molecular complexity index is 829. The summed E-state index contributed by atoms with van der Waals surface area (Å²) < 4.78 is 5.82. The van der Waals surface area contributed by atoms with E-state index in [9.17, 15) is 9.59 Å². The fraction of sp³-hybridized carbons (Fsp3) is 0.391. The van der Waals surface area contributed by atoms with Crippen LogP contribution in [0.1, 0.15) is 30.5 Å². The number of rotatable bonds is 8. The third kappa shape index (κ3) is 7.13. The summed E-state index contributed by atoms with van der Waals surface area (Å²) in [6.07, 6.45) is 0.0999. The van der Waals surface area contributed by atoms with E-state index in [-0.39, 0.29) is 24.3 Å². The number of amides is 2. The number of ether oxygens (including phenoxy) is 1. The monoisotopic (exact) mass is 429 g/mol. The van der Waals surface area contributed by atoms with E-state index in [0.717, 1.165) is 25.2 Å². The number of nitrogens with zero attached hydrogens (tertiary/aromatic N) is 1. The second kappa shape index (κ2) is 11.1. The highest BCUT2D eigenvalue weighted by Crippen LogP contribution is 2.19. The first-order valence-electron chi connectivity index (χ1n) is 10.2. The lowest BCUT2D eigenvalue weighted by Gasteiger charge is -2.33. The Kier molecular flexibility index (Phi) is 8.25. The van der Waals surface area contributed by atoms with E-state index < -0.39 is 6.04 Å². The normalized spacial score (nSPS) is 17.9. The number of morpholine rings is 1. The predicted octanol–water partition coefficient (Wildman–Crippen LogP) is 2.92. The summed E-state index contributed by atoms with van der Waals surface area (Å²) in [5, 5.41) is 6.40. The van der Waals surface area contributed by atoms with Crippen molar-refractivity contribution in [1.82, 2.24) is 15.5 Å². The van der Waals surface area contributed by atoms with E-state index in [0.29, 0.717) is 18.2 Å². The first-order chi connectivity index (χ1) is 14.5. The van der Waals surface area contributed by atoms with Gasteiger partial charge >= 0.3 is 0 Å². The molecule has 2 atom stereocenters. The van der Waals surface area contributed by atoms with Crippen LogP contribution in [-0.2, 0) is 20.9 Å². The Morgan fingerprint density at radius 3 is 2.60 bits per heavy atom. The minimum absolute atomic E-state index is 0.0545. The zero-order valence-electron chi connectivity index (χ0n) is 17.1. The third-order valence-corrected chi connectivity index (χ3v) is 5.29. The standard InChI is InChI=1S/C23H28ClN3O3/c1-17(28)26-22(19-7-9-20(24)10-8-19)13-23(29)25-14-21-16-27(11-12-30-21)15-18-5-3-2-4-6-18/h2-10,21-22H,11-16H2,1H3,(H,25,29)(H,26,28). The molecule has 0 saturated carbocycles. The van der Waals surface area contributed by atoms with Crippen molar-refractivity contribution >= 4 is 23.4 Å². The van der Waals surface area contributed by atoms with Gasteiger partial charge in [0, 0.05) is 38.1 Å². The van der Waals surface area contributed by atoms with Crippen LogP contribution >= 0.6 is 11.6 Å². The number of hydrogen-bond acceptors (Lipinski definition) is 4. The molecule has 1 saturated heterocycles. The molecule has 1 fully saturated rings. The second-order valence-corrected chi connectivity index (χ2v) is 7.96. The minimum Gasteiger partial charge on any atom is -0.374 e. The predicted molar refractivity (Wildman–Crippen MR) is 117 cm³/mol. The Hall–Kier alpha value is -2.41. The maximum atomic E-state index is 12.5. The van der Waals surface area contributed by atoms with Gasteiger partial charge in [-0.1, -0.05) is 54.1 Å². The molecule has 7 heteroatoms. The molecule has 2 amide bonds. The molecule has 0 bridgehead atoms. The molecule has 1 aliphatic rings. The molecule has 3 rings (SSSR count). The van der Waals surface area contributed by atoms with Crippen LogP contribution in [0.5, 0.6) is 0 Å². The molecule has 2 aromatic rings. The molecule has 30 heavy (non-hydrogen) atoms. The lowest BCUT2D eigenvalue weighted by Crippen LogP contribution is -2.47. The Balaban J connectivity index is 1.49. The van der Waals surface area contributed by atoms with Gasteiger partial charge in [-0.2, -0.15) is 0 Å². The second-order valence-electron chi connectivity index (χ2n) is 7.53. The average Bonchev–Trinajstić information content (AvgIpc) is 2.73. The van der Waals surface area contributed by atoms with Crippen LogP contribution in [0.25, 0.3) is 0 Å². The van der Waals surface area contributed by atoms with Crippen LogP contribution in [0.15, 0.2) is 54.6 Å². The summed E-state index contributed by atoms with van der Waals surface area (Å²) in [7, 11) is 0. The SMILES string of the molecule is CC(=O)NC(CC(=O)NCC1CN(Cc2ccccc2)CCO1)c1ccc(Cl)cc1. The van der Waals surface area contributed by atoms with Gasteiger partial charge in [-0.3, -0.25) is 14.5 Å². The van der Waals surface area contributed by atoms with Gasteiger partial charge in [0.1, 0.15) is 0 Å². The number of nitrogens with one attached hydrogen (secondary N) is 2. The molecule has 2 N–H and O–H groups in total. The van der Waals surface area contributed by atoms with Crippen molar-refractivity contribution in [3.63, 3.8) is 0 Å². The zero-order chi connectivity index (χ0) is 21.3. The molecule has 0 aliphatic carbocycles. The van der Waals surface area contributed by atoms with E-state index in [1.807, 2.05) is 30.3 Å². The molecule has 0 radical (unpaired) electrons. The molecule has 2 unspecified atom stereocenters. The van der Waals surface area contributed by atoms with Gasteiger partial charge in [-0.25, -0.2) is 0 Å². The van der Waals surface area contributed by atoms with Crippen molar-refractivity contribution in [3.05, 3.63) is 70.7 Å². The summed E-state index contributed by atoms with van der Waals surface area (Å²) in [6, 6.07) is 17.1. The lowest BCUT2D eigenvalue weighted by molar-refractivity contribution is -0.123. The van der Waals surface area contributed by atoms with Crippen LogP contribution in [0.4, 0.5) is 0 Å². The number of carbonyl (C=O) groups is 2. The maximum Gasteiger partial charge on any atom is 0.222 e. The molecule has 0 aromatic heterocycles. The first-order valence-corrected chi connectivity index (χ1v) is 10.5. The van der Waals surface area contributed by atoms with Crippen molar-refractivity contribution in [2.75, 3.05) is 26.2 Å². The summed E-state index contributed by atoms with van der Waals surface area (Å²) in [6.45, 7) is 5.04. The smallest absolute Gasteiger partial charge is 0.222 e. The van der Waals surface area contributed by atoms with Gasteiger partial charge < -0.3 is 15.4 Å². The highest BCUT2D eigenvalue weighted by atomic mass is 35.5. The topological polar surface area (TPSA) is 70.7 Å². The van der Waals surface area contributed by atoms with Crippen LogP contribution in [0.2, 0.25) is 5.02 Å². The summed E-state index contributed by atoms with van der Waals surface area (Å²) in [5.74, 6) is -0.317.